The van der Waals surface area contributed by atoms with Crippen molar-refractivity contribution < 1.29 is 19.1 Å². The summed E-state index contributed by atoms with van der Waals surface area (Å²) >= 11 is 0. The van der Waals surface area contributed by atoms with Gasteiger partial charge in [0, 0.05) is 6.42 Å². The maximum atomic E-state index is 12.8. The monoisotopic (exact) mass is 551 g/mol. The molecule has 2 aromatic carbocycles. The Morgan fingerprint density at radius 3 is 1.55 bits per heavy atom. The smallest absolute Gasteiger partial charge is 0.408 e. The molecule has 1 atom stereocenters. The summed E-state index contributed by atoms with van der Waals surface area (Å²) in [6, 6.07) is 18.3. The van der Waals surface area contributed by atoms with Crippen LogP contribution in [0.15, 0.2) is 60.7 Å². The van der Waals surface area contributed by atoms with Gasteiger partial charge in [0.15, 0.2) is 0 Å². The molecule has 2 rings (SSSR count). The minimum atomic E-state index is -0.785. The summed E-state index contributed by atoms with van der Waals surface area (Å²) in [5.74, 6) is -0.415. The zero-order valence-corrected chi connectivity index (χ0v) is 24.9. The van der Waals surface area contributed by atoms with Gasteiger partial charge < -0.3 is 14.8 Å². The molecule has 5 heteroatoms. The quantitative estimate of drug-likeness (QED) is 0.110. The molecule has 0 spiro atoms. The van der Waals surface area contributed by atoms with Crippen LogP contribution in [0, 0.1) is 0 Å². The van der Waals surface area contributed by atoms with Crippen LogP contribution in [0.3, 0.4) is 0 Å². The third-order valence-electron chi connectivity index (χ3n) is 7.31. The zero-order valence-electron chi connectivity index (χ0n) is 24.9. The number of alkyl carbamates (subject to hydrolysis) is 1. The molecule has 0 heterocycles. The van der Waals surface area contributed by atoms with Crippen molar-refractivity contribution in [1.29, 1.82) is 0 Å². The Kier molecular flexibility index (Phi) is 19.1. The van der Waals surface area contributed by atoms with Crippen LogP contribution in [-0.2, 0) is 27.3 Å². The second-order valence-electron chi connectivity index (χ2n) is 10.9. The maximum absolute atomic E-state index is 12.8. The van der Waals surface area contributed by atoms with E-state index in [0.717, 1.165) is 24.0 Å². The van der Waals surface area contributed by atoms with Crippen molar-refractivity contribution in [2.45, 2.75) is 129 Å². The second kappa shape index (κ2) is 22.9. The summed E-state index contributed by atoms with van der Waals surface area (Å²) in [5, 5.41) is 2.71. The van der Waals surface area contributed by atoms with Crippen molar-refractivity contribution in [2.24, 2.45) is 0 Å². The van der Waals surface area contributed by atoms with Crippen molar-refractivity contribution in [2.75, 3.05) is 6.61 Å². The molecule has 5 nitrogen and oxygen atoms in total. The number of carbonyl (C=O) groups is 2. The van der Waals surface area contributed by atoms with Gasteiger partial charge in [0.25, 0.3) is 0 Å². The van der Waals surface area contributed by atoms with Crippen LogP contribution in [-0.4, -0.2) is 24.7 Å². The van der Waals surface area contributed by atoms with Gasteiger partial charge in [-0.2, -0.15) is 0 Å². The minimum Gasteiger partial charge on any atom is -0.464 e. The summed E-state index contributed by atoms with van der Waals surface area (Å²) in [6.45, 7) is 2.80. The van der Waals surface area contributed by atoms with Crippen molar-refractivity contribution in [1.82, 2.24) is 5.32 Å². The fourth-order valence-corrected chi connectivity index (χ4v) is 4.87. The number of hydrogen-bond donors (Lipinski definition) is 1. The molecule has 0 saturated heterocycles. The molecule has 1 N–H and O–H groups in total. The molecule has 222 valence electrons. The Hall–Kier alpha value is -2.82. The van der Waals surface area contributed by atoms with Gasteiger partial charge in [0.2, 0.25) is 0 Å². The molecule has 0 aliphatic rings. The van der Waals surface area contributed by atoms with E-state index >= 15 is 0 Å². The third-order valence-corrected chi connectivity index (χ3v) is 7.31. The lowest BCUT2D eigenvalue weighted by Crippen LogP contribution is -2.43. The molecule has 2 aromatic rings. The first-order valence-electron chi connectivity index (χ1n) is 15.9. The average molecular weight is 552 g/mol. The van der Waals surface area contributed by atoms with Crippen LogP contribution in [0.4, 0.5) is 4.79 Å². The standard InChI is InChI=1S/C35H53NO4/c1-2-3-4-5-6-7-8-9-10-11-12-13-14-15-16-23-28-39-34(37)33(29-31-24-19-17-20-25-31)36-35(38)40-30-32-26-21-18-22-27-32/h17-22,24-27,33H,2-16,23,28-30H2,1H3,(H,36,38)/t33-/m0/s1. The fourth-order valence-electron chi connectivity index (χ4n) is 4.87. The van der Waals surface area contributed by atoms with E-state index in [1.807, 2.05) is 60.7 Å². The first-order valence-corrected chi connectivity index (χ1v) is 15.9. The molecule has 0 aliphatic carbocycles. The zero-order chi connectivity index (χ0) is 28.5. The van der Waals surface area contributed by atoms with Gasteiger partial charge in [-0.05, 0) is 17.5 Å². The molecule has 0 aliphatic heterocycles. The van der Waals surface area contributed by atoms with Gasteiger partial charge in [-0.3, -0.25) is 0 Å². The molecule has 0 bridgehead atoms. The number of unbranched alkanes of at least 4 members (excludes halogenated alkanes) is 15. The Morgan fingerprint density at radius 1 is 0.600 bits per heavy atom. The van der Waals surface area contributed by atoms with E-state index in [4.69, 9.17) is 9.47 Å². The number of ether oxygens (including phenoxy) is 2. The highest BCUT2D eigenvalue weighted by atomic mass is 16.6. The normalized spacial score (nSPS) is 11.6. The second-order valence-corrected chi connectivity index (χ2v) is 10.9. The van der Waals surface area contributed by atoms with Crippen molar-refractivity contribution in [3.63, 3.8) is 0 Å². The van der Waals surface area contributed by atoms with E-state index < -0.39 is 18.1 Å². The number of amides is 1. The minimum absolute atomic E-state index is 0.152. The number of benzene rings is 2. The van der Waals surface area contributed by atoms with Gasteiger partial charge in [0.05, 0.1) is 6.61 Å². The molecule has 1 amide bonds. The summed E-state index contributed by atoms with van der Waals surface area (Å²) in [7, 11) is 0. The van der Waals surface area contributed by atoms with Gasteiger partial charge in [-0.15, -0.1) is 0 Å². The highest BCUT2D eigenvalue weighted by molar-refractivity contribution is 5.81. The first-order chi connectivity index (χ1) is 19.7. The van der Waals surface area contributed by atoms with Gasteiger partial charge in [0.1, 0.15) is 12.6 Å². The number of hydrogen-bond acceptors (Lipinski definition) is 4. The van der Waals surface area contributed by atoms with E-state index in [-0.39, 0.29) is 6.61 Å². The molecular weight excluding hydrogens is 498 g/mol. The molecule has 0 saturated carbocycles. The predicted octanol–water partition coefficient (Wildman–Crippen LogP) is 9.33. The van der Waals surface area contributed by atoms with Crippen LogP contribution in [0.2, 0.25) is 0 Å². The summed E-state index contributed by atoms with van der Waals surface area (Å²) < 4.78 is 10.9. The van der Waals surface area contributed by atoms with Crippen LogP contribution >= 0.6 is 0 Å². The lowest BCUT2D eigenvalue weighted by atomic mass is 10.0. The van der Waals surface area contributed by atoms with E-state index in [9.17, 15) is 9.59 Å². The van der Waals surface area contributed by atoms with Crippen molar-refractivity contribution >= 4 is 12.1 Å². The first kappa shape index (κ1) is 33.4. The van der Waals surface area contributed by atoms with E-state index in [2.05, 4.69) is 12.2 Å². The van der Waals surface area contributed by atoms with E-state index in [1.165, 1.54) is 89.9 Å². The fraction of sp³-hybridized carbons (Fsp3) is 0.600. The Bertz CT molecular complexity index is 887. The number of carbonyl (C=O) groups excluding carboxylic acids is 2. The summed E-state index contributed by atoms with van der Waals surface area (Å²) in [4.78, 5) is 25.2. The van der Waals surface area contributed by atoms with Crippen LogP contribution in [0.1, 0.15) is 121 Å². The van der Waals surface area contributed by atoms with E-state index in [1.54, 1.807) is 0 Å². The molecule has 40 heavy (non-hydrogen) atoms. The molecule has 0 radical (unpaired) electrons. The van der Waals surface area contributed by atoms with E-state index in [0.29, 0.717) is 13.0 Å². The Labute approximate surface area is 243 Å². The summed E-state index contributed by atoms with van der Waals surface area (Å²) in [6.07, 6.45) is 20.6. The van der Waals surface area contributed by atoms with Gasteiger partial charge in [-0.1, -0.05) is 164 Å². The lowest BCUT2D eigenvalue weighted by molar-refractivity contribution is -0.146. The average Bonchev–Trinajstić information content (AvgIpc) is 2.98. The number of rotatable bonds is 23. The van der Waals surface area contributed by atoms with Crippen LogP contribution < -0.4 is 5.32 Å². The van der Waals surface area contributed by atoms with Gasteiger partial charge in [-0.25, -0.2) is 9.59 Å². The summed E-state index contributed by atoms with van der Waals surface area (Å²) in [5.41, 5.74) is 1.85. The number of nitrogens with one attached hydrogen (secondary N) is 1. The number of esters is 1. The maximum Gasteiger partial charge on any atom is 0.408 e. The van der Waals surface area contributed by atoms with Gasteiger partial charge >= 0.3 is 12.1 Å². The molecule has 0 fully saturated rings. The Balaban J connectivity index is 1.54. The lowest BCUT2D eigenvalue weighted by Gasteiger charge is -2.18. The SMILES string of the molecule is CCCCCCCCCCCCCCCCCCOC(=O)[C@H](Cc1ccccc1)NC(=O)OCc1ccccc1. The predicted molar refractivity (Wildman–Crippen MR) is 164 cm³/mol. The van der Waals surface area contributed by atoms with Crippen molar-refractivity contribution in [3.8, 4) is 0 Å². The molecular formula is C35H53NO4. The highest BCUT2D eigenvalue weighted by Gasteiger charge is 2.23. The highest BCUT2D eigenvalue weighted by Crippen LogP contribution is 2.14. The molecule has 0 aromatic heterocycles. The van der Waals surface area contributed by atoms with Crippen LogP contribution in [0.25, 0.3) is 0 Å². The van der Waals surface area contributed by atoms with Crippen LogP contribution in [0.5, 0.6) is 0 Å². The molecule has 0 unspecified atom stereocenters. The topological polar surface area (TPSA) is 64.6 Å². The third kappa shape index (κ3) is 17.0. The largest absolute Gasteiger partial charge is 0.464 e. The van der Waals surface area contributed by atoms with Crippen molar-refractivity contribution in [3.05, 3.63) is 71.8 Å². The Morgan fingerprint density at radius 2 is 1.05 bits per heavy atom.